The number of fused-ring (bicyclic) bond motifs is 14. The van der Waals surface area contributed by atoms with Crippen LogP contribution in [0.25, 0.3) is 107 Å². The zero-order chi connectivity index (χ0) is 38.6. The van der Waals surface area contributed by atoms with E-state index in [4.69, 9.17) is 15.0 Å². The molecular weight excluding hydrogens is 761 g/mol. The van der Waals surface area contributed by atoms with E-state index in [-0.39, 0.29) is 0 Å². The smallest absolute Gasteiger partial charge is 0.163 e. The van der Waals surface area contributed by atoms with Crippen molar-refractivity contribution in [2.45, 2.75) is 6.42 Å². The lowest BCUT2D eigenvalue weighted by Crippen LogP contribution is -2.08. The minimum Gasteiger partial charge on any atom is -0.307 e. The van der Waals surface area contributed by atoms with Crippen LogP contribution in [0.5, 0.6) is 0 Å². The molecule has 0 aliphatic rings. The Hall–Kier alpha value is -7.26. The van der Waals surface area contributed by atoms with Crippen molar-refractivity contribution in [1.82, 2.24) is 29.1 Å². The van der Waals surface area contributed by atoms with Crippen molar-refractivity contribution in [2.24, 2.45) is 0 Å². The van der Waals surface area contributed by atoms with Crippen molar-refractivity contribution in [3.8, 4) is 22.9 Å². The van der Waals surface area contributed by atoms with Gasteiger partial charge in [0.15, 0.2) is 5.82 Å². The highest BCUT2D eigenvalue weighted by atomic mass is 32.1. The van der Waals surface area contributed by atoms with Gasteiger partial charge in [-0.2, -0.15) is 0 Å². The molecule has 13 rings (SSSR count). The van der Waals surface area contributed by atoms with Gasteiger partial charge in [-0.3, -0.25) is 4.57 Å². The molecular formula is C51H30N6S2. The van der Waals surface area contributed by atoms with E-state index >= 15 is 0 Å². The van der Waals surface area contributed by atoms with Crippen LogP contribution in [0.3, 0.4) is 0 Å². The molecule has 276 valence electrons. The van der Waals surface area contributed by atoms with Crippen molar-refractivity contribution >= 4 is 107 Å². The van der Waals surface area contributed by atoms with Crippen molar-refractivity contribution < 1.29 is 0 Å². The van der Waals surface area contributed by atoms with Crippen LogP contribution >= 0.6 is 22.7 Å². The topological polar surface area (TPSA) is 61.4 Å². The van der Waals surface area contributed by atoms with Gasteiger partial charge in [0.1, 0.15) is 18.0 Å². The van der Waals surface area contributed by atoms with Crippen LogP contribution in [0.1, 0.15) is 11.4 Å². The molecule has 0 saturated carbocycles. The first kappa shape index (κ1) is 32.8. The lowest BCUT2D eigenvalue weighted by Gasteiger charge is -2.16. The predicted molar refractivity (Wildman–Crippen MR) is 247 cm³/mol. The van der Waals surface area contributed by atoms with E-state index < -0.39 is 0 Å². The summed E-state index contributed by atoms with van der Waals surface area (Å²) >= 11 is 3.70. The van der Waals surface area contributed by atoms with E-state index in [1.54, 1.807) is 6.33 Å². The van der Waals surface area contributed by atoms with Crippen LogP contribution in [0.4, 0.5) is 0 Å². The Kier molecular flexibility index (Phi) is 7.01. The molecule has 6 nitrogen and oxygen atoms in total. The van der Waals surface area contributed by atoms with Gasteiger partial charge in [-0.1, -0.05) is 103 Å². The molecule has 0 saturated heterocycles. The third-order valence-corrected chi connectivity index (χ3v) is 14.0. The fraction of sp³-hybridized carbons (Fsp3) is 0.0196. The Balaban J connectivity index is 1.10. The molecule has 13 aromatic rings. The SMILES string of the molecule is c1ccc(-c2ncnc(Cc3cc(-n4c5ccccc5c5c6c(ccc54)sc4ccccc46)ncc3-n3c4ccccc4c4c5c(ccc43)sc3ccccc35)n2)cc1. The van der Waals surface area contributed by atoms with E-state index in [0.717, 1.165) is 44.7 Å². The van der Waals surface area contributed by atoms with Gasteiger partial charge in [-0.25, -0.2) is 19.9 Å². The van der Waals surface area contributed by atoms with Gasteiger partial charge in [0.2, 0.25) is 0 Å². The standard InChI is InChI=1S/C51H30N6S2/c1-2-12-30(13-3-1)51-54-29-53-45(55-51)26-31-27-46(57-37-19-9-5-15-33(37)48-39(57)23-25-44-50(48)35-17-7-11-21-42(35)59-44)52-28-40(31)56-36-18-8-4-14-32(36)47-38(56)22-24-43-49(47)34-16-6-10-20-41(34)58-43/h1-25,27-29H,26H2. The molecule has 8 heteroatoms. The summed E-state index contributed by atoms with van der Waals surface area (Å²) in [4.78, 5) is 19.8. The number of benzene rings is 7. The van der Waals surface area contributed by atoms with Gasteiger partial charge in [0.25, 0.3) is 0 Å². The van der Waals surface area contributed by atoms with Gasteiger partial charge < -0.3 is 4.57 Å². The van der Waals surface area contributed by atoms with Crippen LogP contribution in [0.15, 0.2) is 170 Å². The summed E-state index contributed by atoms with van der Waals surface area (Å²) in [5, 5.41) is 10.1. The summed E-state index contributed by atoms with van der Waals surface area (Å²) in [6.45, 7) is 0. The average molecular weight is 791 g/mol. The maximum atomic E-state index is 5.38. The van der Waals surface area contributed by atoms with E-state index in [0.29, 0.717) is 18.1 Å². The molecule has 7 aromatic carbocycles. The molecule has 0 aliphatic carbocycles. The average Bonchev–Trinajstić information content (AvgIpc) is 4.04. The van der Waals surface area contributed by atoms with Gasteiger partial charge in [-0.05, 0) is 60.2 Å². The molecule has 59 heavy (non-hydrogen) atoms. The van der Waals surface area contributed by atoms with Crippen LogP contribution in [-0.2, 0) is 6.42 Å². The molecule has 0 unspecified atom stereocenters. The summed E-state index contributed by atoms with van der Waals surface area (Å²) in [5.41, 5.74) is 7.53. The number of hydrogen-bond donors (Lipinski definition) is 0. The number of rotatable bonds is 5. The van der Waals surface area contributed by atoms with Gasteiger partial charge in [0.05, 0.1) is 34.0 Å². The van der Waals surface area contributed by atoms with Crippen molar-refractivity contribution in [2.75, 3.05) is 0 Å². The number of nitrogens with zero attached hydrogens (tertiary/aromatic N) is 6. The Morgan fingerprint density at radius 3 is 1.66 bits per heavy atom. The zero-order valence-corrected chi connectivity index (χ0v) is 33.0. The van der Waals surface area contributed by atoms with Gasteiger partial charge >= 0.3 is 0 Å². The molecule has 6 heterocycles. The quantitative estimate of drug-likeness (QED) is 0.174. The fourth-order valence-corrected chi connectivity index (χ4v) is 11.5. The fourth-order valence-electron chi connectivity index (χ4n) is 9.31. The first-order chi connectivity index (χ1) is 29.3. The molecule has 0 atom stereocenters. The normalized spacial score (nSPS) is 12.1. The van der Waals surface area contributed by atoms with E-state index in [1.807, 2.05) is 53.0 Å². The molecule has 0 bridgehead atoms. The lowest BCUT2D eigenvalue weighted by molar-refractivity contribution is 0.910. The third-order valence-electron chi connectivity index (χ3n) is 11.8. The first-order valence-corrected chi connectivity index (χ1v) is 21.3. The second-order valence-corrected chi connectivity index (χ2v) is 17.2. The Labute approximate surface area is 344 Å². The zero-order valence-electron chi connectivity index (χ0n) is 31.4. The van der Waals surface area contributed by atoms with Crippen molar-refractivity contribution in [3.63, 3.8) is 0 Å². The number of hydrogen-bond acceptors (Lipinski definition) is 6. The van der Waals surface area contributed by atoms with Gasteiger partial charge in [0, 0.05) is 73.9 Å². The van der Waals surface area contributed by atoms with Crippen molar-refractivity contribution in [3.05, 3.63) is 182 Å². The molecule has 0 radical (unpaired) electrons. The van der Waals surface area contributed by atoms with Crippen LogP contribution in [0, 0.1) is 0 Å². The molecule has 6 aromatic heterocycles. The first-order valence-electron chi connectivity index (χ1n) is 19.7. The molecule has 0 N–H and O–H groups in total. The summed E-state index contributed by atoms with van der Waals surface area (Å²) < 4.78 is 9.89. The Morgan fingerprint density at radius 2 is 1.00 bits per heavy atom. The number of pyridine rings is 1. The summed E-state index contributed by atoms with van der Waals surface area (Å²) in [6.07, 6.45) is 4.17. The summed E-state index contributed by atoms with van der Waals surface area (Å²) in [5.74, 6) is 2.19. The largest absolute Gasteiger partial charge is 0.307 e. The number of para-hydroxylation sites is 2. The second-order valence-electron chi connectivity index (χ2n) is 15.0. The molecule has 0 spiro atoms. The van der Waals surface area contributed by atoms with Crippen molar-refractivity contribution in [1.29, 1.82) is 0 Å². The monoisotopic (exact) mass is 790 g/mol. The number of thiophene rings is 2. The number of aromatic nitrogens is 6. The van der Waals surface area contributed by atoms with E-state index in [1.165, 1.54) is 61.9 Å². The third kappa shape index (κ3) is 4.84. The highest BCUT2D eigenvalue weighted by molar-refractivity contribution is 7.26. The summed E-state index contributed by atoms with van der Waals surface area (Å²) in [6, 6.07) is 56.5. The van der Waals surface area contributed by atoms with Crippen LogP contribution < -0.4 is 0 Å². The lowest BCUT2D eigenvalue weighted by atomic mass is 10.1. The predicted octanol–water partition coefficient (Wildman–Crippen LogP) is 13.5. The second kappa shape index (κ2) is 12.6. The summed E-state index contributed by atoms with van der Waals surface area (Å²) in [7, 11) is 0. The molecule has 0 fully saturated rings. The van der Waals surface area contributed by atoms with E-state index in [2.05, 4.69) is 148 Å². The maximum absolute atomic E-state index is 5.38. The highest BCUT2D eigenvalue weighted by Gasteiger charge is 2.23. The highest BCUT2D eigenvalue weighted by Crippen LogP contribution is 2.45. The Morgan fingerprint density at radius 1 is 0.441 bits per heavy atom. The van der Waals surface area contributed by atoms with Crippen LogP contribution in [-0.4, -0.2) is 29.1 Å². The minimum atomic E-state index is 0.474. The molecule has 0 amide bonds. The minimum absolute atomic E-state index is 0.474. The Bertz CT molecular complexity index is 3840. The van der Waals surface area contributed by atoms with Gasteiger partial charge in [-0.15, -0.1) is 22.7 Å². The van der Waals surface area contributed by atoms with E-state index in [9.17, 15) is 0 Å². The maximum Gasteiger partial charge on any atom is 0.163 e. The van der Waals surface area contributed by atoms with Crippen LogP contribution in [0.2, 0.25) is 0 Å². The molecule has 0 aliphatic heterocycles.